The van der Waals surface area contributed by atoms with E-state index in [-0.39, 0.29) is 22.6 Å². The molecule has 0 bridgehead atoms. The van der Waals surface area contributed by atoms with E-state index in [2.05, 4.69) is 4.98 Å². The van der Waals surface area contributed by atoms with Gasteiger partial charge in [0, 0.05) is 0 Å². The summed E-state index contributed by atoms with van der Waals surface area (Å²) in [6, 6.07) is 10.6. The van der Waals surface area contributed by atoms with E-state index in [4.69, 9.17) is 9.52 Å². The van der Waals surface area contributed by atoms with Crippen LogP contribution in [0.2, 0.25) is 0 Å². The average Bonchev–Trinajstić information content (AvgIpc) is 2.82. The molecule has 0 spiro atoms. The number of hydrogen-bond acceptors (Lipinski definition) is 3. The van der Waals surface area contributed by atoms with Crippen molar-refractivity contribution < 1.29 is 18.7 Å². The van der Waals surface area contributed by atoms with Gasteiger partial charge < -0.3 is 9.52 Å². The van der Waals surface area contributed by atoms with Crippen molar-refractivity contribution in [2.75, 3.05) is 0 Å². The first-order valence-electron chi connectivity index (χ1n) is 5.54. The number of rotatable bonds is 2. The molecule has 1 heterocycles. The van der Waals surface area contributed by atoms with Gasteiger partial charge in [-0.15, -0.1) is 0 Å². The zero-order valence-corrected chi connectivity index (χ0v) is 9.63. The number of carboxylic acids is 1. The molecule has 0 amide bonds. The molecule has 0 aliphatic carbocycles. The Balaban J connectivity index is 2.26. The molecule has 3 aromatic rings. The summed E-state index contributed by atoms with van der Waals surface area (Å²) in [5.41, 5.74) is 0.744. The van der Waals surface area contributed by atoms with E-state index in [9.17, 15) is 9.18 Å². The fourth-order valence-electron chi connectivity index (χ4n) is 1.87. The highest BCUT2D eigenvalue weighted by Gasteiger charge is 2.16. The lowest BCUT2D eigenvalue weighted by atomic mass is 10.2. The number of nitrogens with zero attached hydrogens (tertiary/aromatic N) is 1. The molecule has 3 rings (SSSR count). The zero-order chi connectivity index (χ0) is 13.4. The smallest absolute Gasteiger partial charge is 0.339 e. The lowest BCUT2D eigenvalue weighted by Crippen LogP contribution is -1.95. The maximum Gasteiger partial charge on any atom is 0.339 e. The number of hydrogen-bond donors (Lipinski definition) is 1. The van der Waals surface area contributed by atoms with Crippen LogP contribution in [0.4, 0.5) is 4.39 Å². The predicted octanol–water partition coefficient (Wildman–Crippen LogP) is 3.33. The van der Waals surface area contributed by atoms with Crippen molar-refractivity contribution in [3.63, 3.8) is 0 Å². The van der Waals surface area contributed by atoms with E-state index in [1.54, 1.807) is 24.3 Å². The topological polar surface area (TPSA) is 63.3 Å². The minimum atomic E-state index is -1.11. The second-order valence-corrected chi connectivity index (χ2v) is 3.96. The number of oxazole rings is 1. The van der Waals surface area contributed by atoms with Crippen molar-refractivity contribution in [1.29, 1.82) is 0 Å². The molecule has 0 atom stereocenters. The summed E-state index contributed by atoms with van der Waals surface area (Å²) in [7, 11) is 0. The standard InChI is InChI=1S/C14H8FNO3/c15-10-6-2-1-4-8(10)13-16-11-7-3-5-9(14(17)18)12(11)19-13/h1-7H,(H,17,18). The second-order valence-electron chi connectivity index (χ2n) is 3.96. The molecule has 1 N–H and O–H groups in total. The van der Waals surface area contributed by atoms with Crippen molar-refractivity contribution in [3.05, 3.63) is 53.8 Å². The van der Waals surface area contributed by atoms with Crippen LogP contribution in [0, 0.1) is 5.82 Å². The number of carboxylic acid groups (broad SMARTS) is 1. The fraction of sp³-hybridized carbons (Fsp3) is 0. The Labute approximate surface area is 107 Å². The highest BCUT2D eigenvalue weighted by atomic mass is 19.1. The van der Waals surface area contributed by atoms with E-state index in [1.165, 1.54) is 18.2 Å². The van der Waals surface area contributed by atoms with E-state index in [1.807, 2.05) is 0 Å². The number of aromatic nitrogens is 1. The lowest BCUT2D eigenvalue weighted by molar-refractivity contribution is 0.0698. The summed E-state index contributed by atoms with van der Waals surface area (Å²) >= 11 is 0. The van der Waals surface area contributed by atoms with Crippen LogP contribution in [-0.2, 0) is 0 Å². The second kappa shape index (κ2) is 4.20. The molecule has 0 unspecified atom stereocenters. The number of halogens is 1. The minimum Gasteiger partial charge on any atom is -0.478 e. The van der Waals surface area contributed by atoms with Gasteiger partial charge in [-0.05, 0) is 24.3 Å². The first kappa shape index (κ1) is 11.4. The SMILES string of the molecule is O=C(O)c1cccc2nc(-c3ccccc3F)oc12. The van der Waals surface area contributed by atoms with Crippen LogP contribution in [-0.4, -0.2) is 16.1 Å². The van der Waals surface area contributed by atoms with Crippen LogP contribution in [0.15, 0.2) is 46.9 Å². The van der Waals surface area contributed by atoms with Gasteiger partial charge in [0.15, 0.2) is 5.58 Å². The van der Waals surface area contributed by atoms with Crippen LogP contribution in [0.3, 0.4) is 0 Å². The highest BCUT2D eigenvalue weighted by molar-refractivity contribution is 6.00. The van der Waals surface area contributed by atoms with Crippen LogP contribution in [0.25, 0.3) is 22.6 Å². The van der Waals surface area contributed by atoms with Crippen molar-refractivity contribution in [2.45, 2.75) is 0 Å². The molecule has 0 saturated heterocycles. The maximum absolute atomic E-state index is 13.6. The monoisotopic (exact) mass is 257 g/mol. The molecule has 4 nitrogen and oxygen atoms in total. The summed E-state index contributed by atoms with van der Waals surface area (Å²) < 4.78 is 19.0. The average molecular weight is 257 g/mol. The first-order chi connectivity index (χ1) is 9.16. The third-order valence-electron chi connectivity index (χ3n) is 2.75. The number of para-hydroxylation sites is 1. The van der Waals surface area contributed by atoms with E-state index in [0.717, 1.165) is 0 Å². The van der Waals surface area contributed by atoms with Crippen molar-refractivity contribution in [1.82, 2.24) is 4.98 Å². The van der Waals surface area contributed by atoms with Crippen molar-refractivity contribution in [3.8, 4) is 11.5 Å². The number of carbonyl (C=O) groups is 1. The molecule has 1 aromatic heterocycles. The Bertz CT molecular complexity index is 779. The molecule has 0 saturated carbocycles. The summed E-state index contributed by atoms with van der Waals surface area (Å²) in [5.74, 6) is -1.51. The van der Waals surface area contributed by atoms with Crippen LogP contribution >= 0.6 is 0 Å². The summed E-state index contributed by atoms with van der Waals surface area (Å²) in [4.78, 5) is 15.2. The molecule has 5 heteroatoms. The molecular formula is C14H8FNO3. The van der Waals surface area contributed by atoms with E-state index in [0.29, 0.717) is 5.52 Å². The molecule has 0 aliphatic rings. The van der Waals surface area contributed by atoms with Crippen LogP contribution in [0.5, 0.6) is 0 Å². The summed E-state index contributed by atoms with van der Waals surface area (Å²) in [6.45, 7) is 0. The van der Waals surface area contributed by atoms with Crippen LogP contribution < -0.4 is 0 Å². The largest absolute Gasteiger partial charge is 0.478 e. The van der Waals surface area contributed by atoms with Gasteiger partial charge in [-0.2, -0.15) is 0 Å². The van der Waals surface area contributed by atoms with Gasteiger partial charge in [-0.25, -0.2) is 14.2 Å². The molecule has 94 valence electrons. The molecule has 0 fully saturated rings. The molecular weight excluding hydrogens is 249 g/mol. The Kier molecular flexibility index (Phi) is 2.52. The summed E-state index contributed by atoms with van der Waals surface area (Å²) in [6.07, 6.45) is 0. The van der Waals surface area contributed by atoms with E-state index >= 15 is 0 Å². The van der Waals surface area contributed by atoms with Gasteiger partial charge in [0.1, 0.15) is 16.9 Å². The third-order valence-corrected chi connectivity index (χ3v) is 2.75. The Morgan fingerprint density at radius 1 is 1.16 bits per heavy atom. The zero-order valence-electron chi connectivity index (χ0n) is 9.63. The van der Waals surface area contributed by atoms with Gasteiger partial charge in [0.2, 0.25) is 5.89 Å². The van der Waals surface area contributed by atoms with Crippen molar-refractivity contribution >= 4 is 17.1 Å². The minimum absolute atomic E-state index is 0.00703. The molecule has 0 radical (unpaired) electrons. The quantitative estimate of drug-likeness (QED) is 0.764. The van der Waals surface area contributed by atoms with Gasteiger partial charge in [-0.3, -0.25) is 0 Å². The molecule has 19 heavy (non-hydrogen) atoms. The number of benzene rings is 2. The Morgan fingerprint density at radius 2 is 1.95 bits per heavy atom. The number of fused-ring (bicyclic) bond motifs is 1. The van der Waals surface area contributed by atoms with Gasteiger partial charge in [0.05, 0.1) is 5.56 Å². The first-order valence-corrected chi connectivity index (χ1v) is 5.54. The van der Waals surface area contributed by atoms with Gasteiger partial charge in [-0.1, -0.05) is 18.2 Å². The fourth-order valence-corrected chi connectivity index (χ4v) is 1.87. The summed E-state index contributed by atoms with van der Waals surface area (Å²) in [5, 5.41) is 9.06. The molecule has 2 aromatic carbocycles. The predicted molar refractivity (Wildman–Crippen MR) is 66.4 cm³/mol. The van der Waals surface area contributed by atoms with Gasteiger partial charge in [0.25, 0.3) is 0 Å². The molecule has 0 aliphatic heterocycles. The number of aromatic carboxylic acids is 1. The van der Waals surface area contributed by atoms with Crippen molar-refractivity contribution in [2.24, 2.45) is 0 Å². The Morgan fingerprint density at radius 3 is 2.68 bits per heavy atom. The Hall–Kier alpha value is -2.69. The maximum atomic E-state index is 13.6. The third kappa shape index (κ3) is 1.85. The highest BCUT2D eigenvalue weighted by Crippen LogP contribution is 2.28. The van der Waals surface area contributed by atoms with Crippen LogP contribution in [0.1, 0.15) is 10.4 Å². The normalized spacial score (nSPS) is 10.8. The lowest BCUT2D eigenvalue weighted by Gasteiger charge is -1.96. The van der Waals surface area contributed by atoms with Gasteiger partial charge >= 0.3 is 5.97 Å². The van der Waals surface area contributed by atoms with E-state index < -0.39 is 11.8 Å².